The fourth-order valence-electron chi connectivity index (χ4n) is 1.44. The SMILES string of the molecule is COC(=O)c1ccc(CSc2ccc(Br)cc2)nc1. The van der Waals surface area contributed by atoms with Crippen molar-refractivity contribution >= 4 is 33.7 Å². The van der Waals surface area contributed by atoms with Crippen LogP contribution in [-0.4, -0.2) is 18.1 Å². The highest BCUT2D eigenvalue weighted by atomic mass is 79.9. The molecule has 0 spiro atoms. The molecule has 0 radical (unpaired) electrons. The molecular weight excluding hydrogens is 326 g/mol. The van der Waals surface area contributed by atoms with Crippen molar-refractivity contribution in [3.05, 3.63) is 58.3 Å². The van der Waals surface area contributed by atoms with E-state index in [1.54, 1.807) is 24.0 Å². The number of carbonyl (C=O) groups excluding carboxylic acids is 1. The zero-order chi connectivity index (χ0) is 13.7. The molecule has 0 aliphatic heterocycles. The van der Waals surface area contributed by atoms with E-state index < -0.39 is 0 Å². The summed E-state index contributed by atoms with van der Waals surface area (Å²) < 4.78 is 5.70. The molecular formula is C14H12BrNO2S. The van der Waals surface area contributed by atoms with Crippen molar-refractivity contribution in [1.29, 1.82) is 0 Å². The number of methoxy groups -OCH3 is 1. The van der Waals surface area contributed by atoms with Crippen molar-refractivity contribution in [2.75, 3.05) is 7.11 Å². The third-order valence-corrected chi connectivity index (χ3v) is 4.02. The third kappa shape index (κ3) is 4.08. The molecule has 0 saturated heterocycles. The maximum Gasteiger partial charge on any atom is 0.339 e. The molecule has 98 valence electrons. The zero-order valence-electron chi connectivity index (χ0n) is 10.3. The van der Waals surface area contributed by atoms with Crippen LogP contribution in [0.2, 0.25) is 0 Å². The summed E-state index contributed by atoms with van der Waals surface area (Å²) in [5, 5.41) is 0. The van der Waals surface area contributed by atoms with Gasteiger partial charge < -0.3 is 4.74 Å². The number of aromatic nitrogens is 1. The molecule has 3 nitrogen and oxygen atoms in total. The fourth-order valence-corrected chi connectivity index (χ4v) is 2.51. The lowest BCUT2D eigenvalue weighted by atomic mass is 10.2. The summed E-state index contributed by atoms with van der Waals surface area (Å²) >= 11 is 5.11. The number of hydrogen-bond acceptors (Lipinski definition) is 4. The summed E-state index contributed by atoms with van der Waals surface area (Å²) in [4.78, 5) is 16.7. The van der Waals surface area contributed by atoms with Crippen molar-refractivity contribution in [3.63, 3.8) is 0 Å². The summed E-state index contributed by atoms with van der Waals surface area (Å²) in [6.45, 7) is 0. The number of nitrogens with zero attached hydrogens (tertiary/aromatic N) is 1. The lowest BCUT2D eigenvalue weighted by Crippen LogP contribution is -2.02. The quantitative estimate of drug-likeness (QED) is 0.626. The molecule has 1 heterocycles. The molecule has 5 heteroatoms. The van der Waals surface area contributed by atoms with Gasteiger partial charge in [-0.2, -0.15) is 0 Å². The Kier molecular flexibility index (Phi) is 4.99. The van der Waals surface area contributed by atoms with Gasteiger partial charge >= 0.3 is 5.97 Å². The van der Waals surface area contributed by atoms with Crippen molar-refractivity contribution < 1.29 is 9.53 Å². The number of pyridine rings is 1. The normalized spacial score (nSPS) is 10.2. The largest absolute Gasteiger partial charge is 0.465 e. The molecule has 19 heavy (non-hydrogen) atoms. The second-order valence-corrected chi connectivity index (χ2v) is 5.74. The first kappa shape index (κ1) is 14.1. The van der Waals surface area contributed by atoms with E-state index in [0.29, 0.717) is 5.56 Å². The fraction of sp³-hybridized carbons (Fsp3) is 0.143. The van der Waals surface area contributed by atoms with Crippen LogP contribution in [0.25, 0.3) is 0 Å². The molecule has 1 aromatic carbocycles. The van der Waals surface area contributed by atoms with E-state index in [4.69, 9.17) is 0 Å². The maximum absolute atomic E-state index is 11.3. The molecule has 2 aromatic rings. The first-order valence-corrected chi connectivity index (χ1v) is 7.38. The van der Waals surface area contributed by atoms with Crippen LogP contribution in [0.3, 0.4) is 0 Å². The van der Waals surface area contributed by atoms with Crippen molar-refractivity contribution in [1.82, 2.24) is 4.98 Å². The van der Waals surface area contributed by atoms with E-state index in [0.717, 1.165) is 15.9 Å². The summed E-state index contributed by atoms with van der Waals surface area (Å²) in [5.41, 5.74) is 1.40. The highest BCUT2D eigenvalue weighted by Crippen LogP contribution is 2.23. The molecule has 1 aromatic heterocycles. The summed E-state index contributed by atoms with van der Waals surface area (Å²) in [6, 6.07) is 11.7. The van der Waals surface area contributed by atoms with E-state index in [1.165, 1.54) is 12.0 Å². The van der Waals surface area contributed by atoms with Crippen LogP contribution < -0.4 is 0 Å². The highest BCUT2D eigenvalue weighted by molar-refractivity contribution is 9.10. The van der Waals surface area contributed by atoms with E-state index >= 15 is 0 Å². The number of esters is 1. The highest BCUT2D eigenvalue weighted by Gasteiger charge is 2.05. The van der Waals surface area contributed by atoms with E-state index in [9.17, 15) is 4.79 Å². The van der Waals surface area contributed by atoms with Crippen LogP contribution in [0.4, 0.5) is 0 Å². The minimum absolute atomic E-state index is 0.361. The van der Waals surface area contributed by atoms with Gasteiger partial charge in [-0.05, 0) is 36.4 Å². The Hall–Kier alpha value is -1.33. The lowest BCUT2D eigenvalue weighted by molar-refractivity contribution is 0.0600. The summed E-state index contributed by atoms with van der Waals surface area (Å²) in [5.74, 6) is 0.405. The van der Waals surface area contributed by atoms with Crippen LogP contribution in [0, 0.1) is 0 Å². The van der Waals surface area contributed by atoms with Crippen LogP contribution >= 0.6 is 27.7 Å². The van der Waals surface area contributed by atoms with E-state index in [1.807, 2.05) is 18.2 Å². The predicted molar refractivity (Wildman–Crippen MR) is 79.3 cm³/mol. The number of benzene rings is 1. The Bertz CT molecular complexity index is 555. The Morgan fingerprint density at radius 3 is 2.58 bits per heavy atom. The van der Waals surface area contributed by atoms with Gasteiger partial charge in [0.2, 0.25) is 0 Å². The van der Waals surface area contributed by atoms with Gasteiger partial charge in [-0.3, -0.25) is 4.98 Å². The van der Waals surface area contributed by atoms with Crippen LogP contribution in [0.1, 0.15) is 16.1 Å². The molecule has 0 saturated carbocycles. The number of halogens is 1. The third-order valence-electron chi connectivity index (χ3n) is 2.45. The first-order chi connectivity index (χ1) is 9.19. The monoisotopic (exact) mass is 337 g/mol. The van der Waals surface area contributed by atoms with E-state index in [-0.39, 0.29) is 5.97 Å². The van der Waals surface area contributed by atoms with Gasteiger partial charge in [0.1, 0.15) is 0 Å². The van der Waals surface area contributed by atoms with Gasteiger partial charge in [-0.15, -0.1) is 11.8 Å². The Morgan fingerprint density at radius 1 is 1.26 bits per heavy atom. The second-order valence-electron chi connectivity index (χ2n) is 3.77. The molecule has 0 amide bonds. The smallest absolute Gasteiger partial charge is 0.339 e. The number of rotatable bonds is 4. The summed E-state index contributed by atoms with van der Waals surface area (Å²) in [7, 11) is 1.36. The Morgan fingerprint density at radius 2 is 2.00 bits per heavy atom. The maximum atomic E-state index is 11.3. The standard InChI is InChI=1S/C14H12BrNO2S/c1-18-14(17)10-2-5-12(16-8-10)9-19-13-6-3-11(15)4-7-13/h2-8H,9H2,1H3. The molecule has 0 bridgehead atoms. The van der Waals surface area contributed by atoms with Gasteiger partial charge in [0.05, 0.1) is 18.4 Å². The van der Waals surface area contributed by atoms with Crippen molar-refractivity contribution in [2.45, 2.75) is 10.6 Å². The number of thioether (sulfide) groups is 1. The molecule has 0 N–H and O–H groups in total. The van der Waals surface area contributed by atoms with Crippen molar-refractivity contribution in [2.24, 2.45) is 0 Å². The molecule has 0 fully saturated rings. The molecule has 0 aliphatic carbocycles. The average molecular weight is 338 g/mol. The van der Waals surface area contributed by atoms with Crippen LogP contribution in [-0.2, 0) is 10.5 Å². The topological polar surface area (TPSA) is 39.2 Å². The number of hydrogen-bond donors (Lipinski definition) is 0. The lowest BCUT2D eigenvalue weighted by Gasteiger charge is -2.03. The first-order valence-electron chi connectivity index (χ1n) is 5.60. The number of carbonyl (C=O) groups is 1. The van der Waals surface area contributed by atoms with Crippen molar-refractivity contribution in [3.8, 4) is 0 Å². The molecule has 0 aliphatic rings. The number of ether oxygens (including phenoxy) is 1. The molecule has 0 unspecified atom stereocenters. The average Bonchev–Trinajstić information content (AvgIpc) is 2.46. The van der Waals surface area contributed by atoms with Gasteiger partial charge in [0.15, 0.2) is 0 Å². The van der Waals surface area contributed by atoms with Gasteiger partial charge in [-0.25, -0.2) is 4.79 Å². The predicted octanol–water partition coefficient (Wildman–Crippen LogP) is 3.92. The van der Waals surface area contributed by atoms with Crippen LogP contribution in [0.15, 0.2) is 52.0 Å². The van der Waals surface area contributed by atoms with E-state index in [2.05, 4.69) is 37.8 Å². The second kappa shape index (κ2) is 6.73. The minimum atomic E-state index is -0.361. The minimum Gasteiger partial charge on any atom is -0.465 e. The molecule has 2 rings (SSSR count). The zero-order valence-corrected chi connectivity index (χ0v) is 12.7. The Labute approximate surface area is 124 Å². The summed E-state index contributed by atoms with van der Waals surface area (Å²) in [6.07, 6.45) is 1.54. The Balaban J connectivity index is 1.96. The van der Waals surface area contributed by atoms with Crippen LogP contribution in [0.5, 0.6) is 0 Å². The van der Waals surface area contributed by atoms with Gasteiger partial charge in [-0.1, -0.05) is 15.9 Å². The van der Waals surface area contributed by atoms with Gasteiger partial charge in [0.25, 0.3) is 0 Å². The molecule has 0 atom stereocenters. The van der Waals surface area contributed by atoms with Gasteiger partial charge in [0, 0.05) is 21.3 Å².